The summed E-state index contributed by atoms with van der Waals surface area (Å²) in [6.07, 6.45) is -7.09. The number of nitrogens with one attached hydrogen (secondary N) is 3. The number of carbonyl (C=O) groups is 4. The van der Waals surface area contributed by atoms with Gasteiger partial charge in [0.25, 0.3) is 0 Å². The molecule has 0 aromatic heterocycles. The van der Waals surface area contributed by atoms with Gasteiger partial charge >= 0.3 is 12.1 Å². The van der Waals surface area contributed by atoms with Crippen molar-refractivity contribution >= 4 is 46.8 Å². The summed E-state index contributed by atoms with van der Waals surface area (Å²) in [5.41, 5.74) is -1.38. The molecule has 1 unspecified atom stereocenters. The fraction of sp³-hybridized carbons (Fsp3) is 0.577. The Morgan fingerprint density at radius 1 is 1.20 bits per heavy atom. The van der Waals surface area contributed by atoms with Crippen molar-refractivity contribution in [3.8, 4) is 11.8 Å². The average molecular weight is 672 g/mol. The van der Waals surface area contributed by atoms with Gasteiger partial charge in [0.1, 0.15) is 34.4 Å². The molecule has 4 rings (SSSR count). The lowest BCUT2D eigenvalue weighted by Crippen LogP contribution is -2.62. The summed E-state index contributed by atoms with van der Waals surface area (Å²) in [6, 6.07) is -2.80. The smallest absolute Gasteiger partial charge is 0.471 e. The summed E-state index contributed by atoms with van der Waals surface area (Å²) in [4.78, 5) is 52.1. The molecule has 3 fully saturated rings. The zero-order valence-electron chi connectivity index (χ0n) is 22.9. The van der Waals surface area contributed by atoms with E-state index in [4.69, 9.17) is 27.9 Å². The number of nitriles is 1. The molecule has 2 heterocycles. The number of alkyl halides is 5. The first-order chi connectivity index (χ1) is 20.3. The summed E-state index contributed by atoms with van der Waals surface area (Å²) in [7, 11) is 0. The third-order valence-electron chi connectivity index (χ3n) is 8.29. The van der Waals surface area contributed by atoms with Gasteiger partial charge in [0.05, 0.1) is 6.07 Å². The van der Waals surface area contributed by atoms with E-state index >= 15 is 0 Å². The molecule has 0 radical (unpaired) electrons. The molecule has 7 atom stereocenters. The van der Waals surface area contributed by atoms with Crippen LogP contribution in [-0.4, -0.2) is 76.4 Å². The molecule has 1 aromatic rings. The summed E-state index contributed by atoms with van der Waals surface area (Å²) >= 11 is 12.8. The first kappa shape index (κ1) is 33.4. The quantitative estimate of drug-likeness (QED) is 0.272. The highest BCUT2D eigenvalue weighted by Crippen LogP contribution is 2.74. The van der Waals surface area contributed by atoms with Gasteiger partial charge in [0, 0.05) is 42.5 Å². The molecule has 18 heteroatoms. The molecule has 0 spiro atoms. The van der Waals surface area contributed by atoms with Crippen LogP contribution in [0, 0.1) is 46.0 Å². The first-order valence-electron chi connectivity index (χ1n) is 13.2. The van der Waals surface area contributed by atoms with Crippen LogP contribution in [-0.2, 0) is 19.2 Å². The minimum absolute atomic E-state index is 0.0777. The molecule has 2 aliphatic heterocycles. The second-order valence-electron chi connectivity index (χ2n) is 11.0. The van der Waals surface area contributed by atoms with Gasteiger partial charge in [-0.05, 0) is 19.8 Å². The number of fused-ring (bicyclic) bond motifs is 1. The monoisotopic (exact) mass is 671 g/mol. The van der Waals surface area contributed by atoms with Crippen molar-refractivity contribution < 1.29 is 50.3 Å². The molecule has 44 heavy (non-hydrogen) atoms. The second-order valence-corrected chi connectivity index (χ2v) is 12.4. The summed E-state index contributed by atoms with van der Waals surface area (Å²) < 4.78 is 85.1. The molecule has 1 saturated carbocycles. The predicted molar refractivity (Wildman–Crippen MR) is 139 cm³/mol. The SMILES string of the molecule is CC(Oc1c(F)cc(F)cc1F)[C@H](NC(=O)C(F)(F)F)C(=O)N1C[C@@H]2C(Cl)(Cl)[C@@]2(C)[C@H]1C(=O)N[C@H](C#N)C[C@@H]1CCNC1=O. The summed E-state index contributed by atoms with van der Waals surface area (Å²) in [5, 5.41) is 16.1. The maximum atomic E-state index is 14.3. The summed E-state index contributed by atoms with van der Waals surface area (Å²) in [5.74, 6) is -12.3. The number of likely N-dealkylation sites (tertiary alicyclic amines) is 1. The van der Waals surface area contributed by atoms with Crippen molar-refractivity contribution in [2.45, 2.75) is 61.4 Å². The van der Waals surface area contributed by atoms with Gasteiger partial charge in [-0.2, -0.15) is 18.4 Å². The third kappa shape index (κ3) is 5.95. The Balaban J connectivity index is 1.64. The Morgan fingerprint density at radius 3 is 2.34 bits per heavy atom. The van der Waals surface area contributed by atoms with Gasteiger partial charge in [-0.15, -0.1) is 23.2 Å². The zero-order chi connectivity index (χ0) is 32.9. The van der Waals surface area contributed by atoms with E-state index in [2.05, 4.69) is 10.6 Å². The van der Waals surface area contributed by atoms with Crippen molar-refractivity contribution in [3.05, 3.63) is 29.6 Å². The number of benzene rings is 1. The minimum Gasteiger partial charge on any atom is -0.482 e. The van der Waals surface area contributed by atoms with E-state index in [0.717, 1.165) is 11.8 Å². The Hall–Kier alpha value is -3.45. The first-order valence-corrected chi connectivity index (χ1v) is 13.9. The highest BCUT2D eigenvalue weighted by atomic mass is 35.5. The van der Waals surface area contributed by atoms with Gasteiger partial charge in [-0.25, -0.2) is 13.2 Å². The van der Waals surface area contributed by atoms with E-state index < -0.39 is 99.5 Å². The highest BCUT2D eigenvalue weighted by Gasteiger charge is 2.82. The summed E-state index contributed by atoms with van der Waals surface area (Å²) in [6.45, 7) is 2.33. The molecule has 3 N–H and O–H groups in total. The fourth-order valence-corrected chi connectivity index (χ4v) is 6.75. The molecule has 3 aliphatic rings. The molecular weight excluding hydrogens is 647 g/mol. The van der Waals surface area contributed by atoms with Crippen LogP contribution in [0.2, 0.25) is 0 Å². The van der Waals surface area contributed by atoms with Crippen LogP contribution >= 0.6 is 23.2 Å². The van der Waals surface area contributed by atoms with E-state index in [1.54, 1.807) is 0 Å². The van der Waals surface area contributed by atoms with Gasteiger partial charge < -0.3 is 25.6 Å². The Bertz CT molecular complexity index is 1400. The average Bonchev–Trinajstić information content (AvgIpc) is 3.26. The van der Waals surface area contributed by atoms with E-state index in [9.17, 15) is 50.8 Å². The second kappa shape index (κ2) is 11.8. The number of piperidine rings is 1. The Morgan fingerprint density at radius 2 is 1.82 bits per heavy atom. The van der Waals surface area contributed by atoms with Crippen LogP contribution in [0.4, 0.5) is 26.3 Å². The standard InChI is InChI=1S/C26H25Cl2F6N5O5/c1-10(44-18-14(30)6-12(29)7-15(18)31)17(38-23(43)26(32,33)34)22(42)39-9-16-24(2,25(16,27)28)19(39)21(41)37-13(8-35)5-11-3-4-36-20(11)40/h6-7,10-11,13,16-17,19H,3-5,9H2,1-2H3,(H,36,40)(H,37,41)(H,38,43)/t10?,11-,13-,16-,17-,19+,24+/m0/s1. The number of rotatable bonds is 9. The van der Waals surface area contributed by atoms with Crippen LogP contribution in [0.15, 0.2) is 12.1 Å². The normalized spacial score (nSPS) is 27.3. The zero-order valence-corrected chi connectivity index (χ0v) is 24.4. The van der Waals surface area contributed by atoms with Gasteiger partial charge in [0.2, 0.25) is 17.7 Å². The molecule has 240 valence electrons. The molecule has 10 nitrogen and oxygen atoms in total. The topological polar surface area (TPSA) is 141 Å². The number of halogens is 8. The van der Waals surface area contributed by atoms with Gasteiger partial charge in [-0.1, -0.05) is 6.92 Å². The van der Waals surface area contributed by atoms with Gasteiger partial charge in [-0.3, -0.25) is 19.2 Å². The fourth-order valence-electron chi connectivity index (χ4n) is 5.80. The number of amides is 4. The Labute approximate surface area is 256 Å². The van der Waals surface area contributed by atoms with Crippen LogP contribution in [0.25, 0.3) is 0 Å². The number of ether oxygens (including phenoxy) is 1. The van der Waals surface area contributed by atoms with E-state index in [1.165, 1.54) is 12.2 Å². The maximum absolute atomic E-state index is 14.3. The molecule has 4 amide bonds. The molecule has 2 saturated heterocycles. The predicted octanol–water partition coefficient (Wildman–Crippen LogP) is 2.47. The molecule has 1 aliphatic carbocycles. The third-order valence-corrected chi connectivity index (χ3v) is 9.63. The lowest BCUT2D eigenvalue weighted by Gasteiger charge is -2.36. The largest absolute Gasteiger partial charge is 0.482 e. The Kier molecular flexibility index (Phi) is 8.98. The van der Waals surface area contributed by atoms with Crippen LogP contribution in [0.3, 0.4) is 0 Å². The number of hydrogen-bond donors (Lipinski definition) is 3. The molecule has 1 aromatic carbocycles. The van der Waals surface area contributed by atoms with Crippen molar-refractivity contribution in [1.29, 1.82) is 5.26 Å². The number of nitrogens with zero attached hydrogens (tertiary/aromatic N) is 2. The molecular formula is C26H25Cl2F6N5O5. The van der Waals surface area contributed by atoms with Crippen molar-refractivity contribution in [2.75, 3.05) is 13.1 Å². The maximum Gasteiger partial charge on any atom is 0.471 e. The van der Waals surface area contributed by atoms with Crippen LogP contribution in [0.1, 0.15) is 26.7 Å². The van der Waals surface area contributed by atoms with Crippen LogP contribution in [0.5, 0.6) is 5.75 Å². The highest BCUT2D eigenvalue weighted by molar-refractivity contribution is 6.52. The molecule has 0 bridgehead atoms. The number of hydrogen-bond acceptors (Lipinski definition) is 6. The lowest BCUT2D eigenvalue weighted by atomic mass is 9.95. The van der Waals surface area contributed by atoms with Crippen molar-refractivity contribution in [3.63, 3.8) is 0 Å². The van der Waals surface area contributed by atoms with E-state index in [1.807, 2.05) is 6.07 Å². The number of carbonyl (C=O) groups excluding carboxylic acids is 4. The van der Waals surface area contributed by atoms with Crippen molar-refractivity contribution in [1.82, 2.24) is 20.9 Å². The lowest BCUT2D eigenvalue weighted by molar-refractivity contribution is -0.176. The van der Waals surface area contributed by atoms with E-state index in [-0.39, 0.29) is 24.5 Å². The van der Waals surface area contributed by atoms with Crippen molar-refractivity contribution in [2.24, 2.45) is 17.3 Å². The minimum atomic E-state index is -5.51. The van der Waals surface area contributed by atoms with Gasteiger partial charge in [0.15, 0.2) is 17.4 Å². The van der Waals surface area contributed by atoms with E-state index in [0.29, 0.717) is 13.0 Å². The van der Waals surface area contributed by atoms with Crippen LogP contribution < -0.4 is 20.7 Å².